The van der Waals surface area contributed by atoms with Crippen molar-refractivity contribution in [3.8, 4) is 0 Å². The van der Waals surface area contributed by atoms with Crippen LogP contribution in [0.15, 0.2) is 25.3 Å². The summed E-state index contributed by atoms with van der Waals surface area (Å²) in [5.41, 5.74) is -1.17. The van der Waals surface area contributed by atoms with Crippen molar-refractivity contribution in [1.29, 1.82) is 0 Å². The van der Waals surface area contributed by atoms with E-state index in [1.165, 1.54) is 4.90 Å². The number of nitrogens with one attached hydrogen (secondary N) is 1. The van der Waals surface area contributed by atoms with Gasteiger partial charge in [-0.25, -0.2) is 0 Å². The molecule has 3 aliphatic rings. The Bertz CT molecular complexity index is 1000. The van der Waals surface area contributed by atoms with Gasteiger partial charge in [0.15, 0.2) is 0 Å². The maximum atomic E-state index is 14.4. The van der Waals surface area contributed by atoms with Gasteiger partial charge in [-0.15, -0.1) is 13.2 Å². The fraction of sp³-hybridized carbons (Fsp3) is 0.750. The van der Waals surface area contributed by atoms with Crippen molar-refractivity contribution < 1.29 is 33.8 Å². The fourth-order valence-corrected chi connectivity index (χ4v) is 6.92. The molecule has 0 unspecified atom stereocenters. The molecule has 0 aliphatic carbocycles. The normalized spacial score (nSPS) is 27.5. The van der Waals surface area contributed by atoms with Crippen LogP contribution in [0.3, 0.4) is 0 Å². The molecule has 3 heterocycles. The molecule has 2 bridgehead atoms. The molecule has 0 aromatic rings. The SMILES string of the molecule is C=CCCC(=O)NC[C@H](C)OC(=O)[C@@H]1[C@@H]2CC[C@]3(O2)[C@H](C(=O)N(CC=C)CCCCC)N([C@@H](CO)CC(C)C)C(=O)[C@@H]13. The molecule has 0 aromatic carbocycles. The van der Waals surface area contributed by atoms with Crippen LogP contribution in [0.1, 0.15) is 79.1 Å². The van der Waals surface area contributed by atoms with Gasteiger partial charge in [-0.2, -0.15) is 0 Å². The highest BCUT2D eigenvalue weighted by Gasteiger charge is 2.75. The van der Waals surface area contributed by atoms with Crippen LogP contribution >= 0.6 is 0 Å². The molecule has 3 fully saturated rings. The van der Waals surface area contributed by atoms with Crippen molar-refractivity contribution in [3.05, 3.63) is 25.3 Å². The Morgan fingerprint density at radius 2 is 1.98 bits per heavy atom. The summed E-state index contributed by atoms with van der Waals surface area (Å²) in [5.74, 6) is -2.87. The molecule has 3 saturated heterocycles. The van der Waals surface area contributed by atoms with E-state index in [2.05, 4.69) is 25.4 Å². The smallest absolute Gasteiger partial charge is 0.312 e. The van der Waals surface area contributed by atoms with Gasteiger partial charge in [0.1, 0.15) is 17.7 Å². The Kier molecular flexibility index (Phi) is 12.2. The molecule has 0 radical (unpaired) electrons. The Morgan fingerprint density at radius 1 is 1.24 bits per heavy atom. The number of nitrogens with zero attached hydrogens (tertiary/aromatic N) is 2. The van der Waals surface area contributed by atoms with Gasteiger partial charge in [-0.1, -0.05) is 45.8 Å². The average Bonchev–Trinajstić information content (AvgIpc) is 3.60. The number of aliphatic hydroxyl groups is 1. The van der Waals surface area contributed by atoms with Crippen molar-refractivity contribution in [1.82, 2.24) is 15.1 Å². The molecule has 0 aromatic heterocycles. The van der Waals surface area contributed by atoms with E-state index >= 15 is 0 Å². The van der Waals surface area contributed by atoms with E-state index < -0.39 is 47.7 Å². The standard InChI is InChI=1S/C32H51N3O7/c1-7-10-12-17-34(16-9-3)30(39)28-32-15-14-24(42-32)26(27(32)29(38)35(28)23(20-36)18-21(4)5)31(40)41-22(6)19-33-25(37)13-11-8-2/h8-9,21-24,26-28,36H,2-3,7,10-20H2,1,4-6H3,(H,33,37)/t22-,23+,24-,26+,27+,28-,32+/m0/s1. The minimum Gasteiger partial charge on any atom is -0.460 e. The zero-order chi connectivity index (χ0) is 31.0. The first-order chi connectivity index (χ1) is 20.1. The molecule has 3 amide bonds. The molecule has 3 aliphatic heterocycles. The lowest BCUT2D eigenvalue weighted by Gasteiger charge is -2.39. The number of fused-ring (bicyclic) bond motifs is 1. The second-order valence-corrected chi connectivity index (χ2v) is 12.4. The lowest BCUT2D eigenvalue weighted by atomic mass is 9.70. The maximum Gasteiger partial charge on any atom is 0.312 e. The van der Waals surface area contributed by atoms with Gasteiger partial charge in [0.2, 0.25) is 17.7 Å². The van der Waals surface area contributed by atoms with E-state index in [1.54, 1.807) is 24.0 Å². The zero-order valence-corrected chi connectivity index (χ0v) is 25.9. The van der Waals surface area contributed by atoms with Gasteiger partial charge in [0, 0.05) is 19.5 Å². The van der Waals surface area contributed by atoms with Crippen LogP contribution in [-0.2, 0) is 28.7 Å². The van der Waals surface area contributed by atoms with Crippen LogP contribution in [-0.4, -0.2) is 94.7 Å². The summed E-state index contributed by atoms with van der Waals surface area (Å²) in [6.07, 6.45) is 7.35. The third-order valence-electron chi connectivity index (χ3n) is 8.76. The summed E-state index contributed by atoms with van der Waals surface area (Å²) < 4.78 is 12.3. The number of allylic oxidation sites excluding steroid dienone is 1. The molecule has 42 heavy (non-hydrogen) atoms. The number of amides is 3. The van der Waals surface area contributed by atoms with Crippen molar-refractivity contribution in [2.75, 3.05) is 26.2 Å². The molecular weight excluding hydrogens is 538 g/mol. The number of rotatable bonds is 18. The fourth-order valence-electron chi connectivity index (χ4n) is 6.92. The van der Waals surface area contributed by atoms with E-state index in [9.17, 15) is 24.3 Å². The molecule has 7 atom stereocenters. The highest BCUT2D eigenvalue weighted by Crippen LogP contribution is 2.59. The molecule has 10 nitrogen and oxygen atoms in total. The van der Waals surface area contributed by atoms with Crippen LogP contribution in [0.25, 0.3) is 0 Å². The number of unbranched alkanes of at least 4 members (excludes halogenated alkanes) is 2. The van der Waals surface area contributed by atoms with Crippen molar-refractivity contribution in [3.63, 3.8) is 0 Å². The van der Waals surface area contributed by atoms with Crippen molar-refractivity contribution in [2.24, 2.45) is 17.8 Å². The topological polar surface area (TPSA) is 125 Å². The number of ether oxygens (including phenoxy) is 2. The first-order valence-corrected chi connectivity index (χ1v) is 15.6. The van der Waals surface area contributed by atoms with Crippen LogP contribution in [0.5, 0.6) is 0 Å². The van der Waals surface area contributed by atoms with E-state index in [0.717, 1.165) is 19.3 Å². The van der Waals surface area contributed by atoms with E-state index in [1.807, 2.05) is 13.8 Å². The molecular formula is C32H51N3O7. The number of hydrogen-bond acceptors (Lipinski definition) is 7. The third kappa shape index (κ3) is 7.08. The summed E-state index contributed by atoms with van der Waals surface area (Å²) in [5, 5.41) is 13.2. The minimum atomic E-state index is -1.17. The van der Waals surface area contributed by atoms with Crippen LogP contribution < -0.4 is 5.32 Å². The largest absolute Gasteiger partial charge is 0.460 e. The van der Waals surface area contributed by atoms with Gasteiger partial charge in [-0.3, -0.25) is 19.2 Å². The van der Waals surface area contributed by atoms with Gasteiger partial charge in [0.25, 0.3) is 0 Å². The molecule has 2 N–H and O–H groups in total. The van der Waals surface area contributed by atoms with Crippen LogP contribution in [0.4, 0.5) is 0 Å². The monoisotopic (exact) mass is 589 g/mol. The zero-order valence-electron chi connectivity index (χ0n) is 25.9. The Hall–Kier alpha value is -2.72. The van der Waals surface area contributed by atoms with Gasteiger partial charge in [0.05, 0.1) is 37.1 Å². The molecule has 10 heteroatoms. The number of likely N-dealkylation sites (tertiary alicyclic amines) is 1. The Labute approximate surface area is 250 Å². The number of esters is 1. The van der Waals surface area contributed by atoms with E-state index in [-0.39, 0.29) is 36.8 Å². The number of carbonyl (C=O) groups is 4. The van der Waals surface area contributed by atoms with Crippen LogP contribution in [0.2, 0.25) is 0 Å². The molecule has 236 valence electrons. The highest BCUT2D eigenvalue weighted by atomic mass is 16.6. The molecule has 3 rings (SSSR count). The first-order valence-electron chi connectivity index (χ1n) is 15.6. The second-order valence-electron chi connectivity index (χ2n) is 12.4. The van der Waals surface area contributed by atoms with Gasteiger partial charge >= 0.3 is 5.97 Å². The first kappa shape index (κ1) is 33.8. The lowest BCUT2D eigenvalue weighted by molar-refractivity contribution is -0.160. The predicted octanol–water partition coefficient (Wildman–Crippen LogP) is 2.99. The summed E-state index contributed by atoms with van der Waals surface area (Å²) in [7, 11) is 0. The van der Waals surface area contributed by atoms with Gasteiger partial charge < -0.3 is 29.7 Å². The van der Waals surface area contributed by atoms with Crippen LogP contribution in [0, 0.1) is 17.8 Å². The Morgan fingerprint density at radius 3 is 2.60 bits per heavy atom. The second kappa shape index (κ2) is 15.1. The van der Waals surface area contributed by atoms with Gasteiger partial charge in [-0.05, 0) is 44.9 Å². The van der Waals surface area contributed by atoms with Crippen molar-refractivity contribution in [2.45, 2.75) is 109 Å². The molecule has 0 saturated carbocycles. The highest BCUT2D eigenvalue weighted by molar-refractivity contribution is 5.98. The molecule has 1 spiro atoms. The minimum absolute atomic E-state index is 0.145. The average molecular weight is 590 g/mol. The summed E-state index contributed by atoms with van der Waals surface area (Å²) in [4.78, 5) is 57.5. The summed E-state index contributed by atoms with van der Waals surface area (Å²) >= 11 is 0. The van der Waals surface area contributed by atoms with E-state index in [0.29, 0.717) is 45.2 Å². The summed E-state index contributed by atoms with van der Waals surface area (Å²) in [6, 6.07) is -1.53. The lowest BCUT2D eigenvalue weighted by Crippen LogP contribution is -2.59. The number of aliphatic hydroxyl groups excluding tert-OH is 1. The Balaban J connectivity index is 1.90. The van der Waals surface area contributed by atoms with Crippen molar-refractivity contribution >= 4 is 23.7 Å². The quantitative estimate of drug-likeness (QED) is 0.143. The summed E-state index contributed by atoms with van der Waals surface area (Å²) in [6.45, 7) is 16.0. The number of hydrogen-bond donors (Lipinski definition) is 2. The predicted molar refractivity (Wildman–Crippen MR) is 159 cm³/mol. The maximum absolute atomic E-state index is 14.4. The third-order valence-corrected chi connectivity index (χ3v) is 8.76. The number of carbonyl (C=O) groups excluding carboxylic acids is 4. The van der Waals surface area contributed by atoms with E-state index in [4.69, 9.17) is 9.47 Å².